The van der Waals surface area contributed by atoms with Crippen LogP contribution in [0.5, 0.6) is 0 Å². The first-order valence-corrected chi connectivity index (χ1v) is 16.0. The molecular weight excluding hydrogens is 882 g/mol. The number of cyclic esters (lactones) is 1. The zero-order valence-electron chi connectivity index (χ0n) is 28.0. The normalized spacial score (nSPS) is 14.7. The summed E-state index contributed by atoms with van der Waals surface area (Å²) in [5.41, 5.74) is 3.53. The number of nitrogens with one attached hydrogen (secondary N) is 3. The van der Waals surface area contributed by atoms with E-state index in [0.29, 0.717) is 48.3 Å². The van der Waals surface area contributed by atoms with Crippen LogP contribution in [0.2, 0.25) is 0 Å². The third-order valence-electron chi connectivity index (χ3n) is 8.34. The van der Waals surface area contributed by atoms with E-state index in [1.165, 1.54) is 17.0 Å². The molecule has 0 spiro atoms. The van der Waals surface area contributed by atoms with Gasteiger partial charge in [-0.1, -0.05) is 27.7 Å². The number of rotatable bonds is 13. The Hall–Kier alpha value is -5.69. The second-order valence-electron chi connectivity index (χ2n) is 11.7. The molecule has 0 radical (unpaired) electrons. The van der Waals surface area contributed by atoms with Crippen molar-refractivity contribution in [2.75, 3.05) is 19.9 Å². The molecule has 3 aromatic rings. The molecule has 2 aliphatic heterocycles. The largest absolute Gasteiger partial charge is 0.520 e. The molecule has 1 aromatic carbocycles. The van der Waals surface area contributed by atoms with Gasteiger partial charge in [0.25, 0.3) is 5.56 Å². The summed E-state index contributed by atoms with van der Waals surface area (Å²) in [6.45, 7) is 9.27. The van der Waals surface area contributed by atoms with Crippen LogP contribution in [0.15, 0.2) is 23.0 Å². The molecule has 15 heteroatoms. The Morgan fingerprint density at radius 1 is 1.18 bits per heavy atom. The van der Waals surface area contributed by atoms with Gasteiger partial charge in [0.1, 0.15) is 19.2 Å². The summed E-state index contributed by atoms with van der Waals surface area (Å²) < 4.78 is 27.0. The number of aliphatic hydroxyl groups excluding tert-OH is 1. The summed E-state index contributed by atoms with van der Waals surface area (Å²) in [5, 5.41) is 18.4. The van der Waals surface area contributed by atoms with Gasteiger partial charge >= 0.3 is 5.97 Å². The molecule has 0 aliphatic carbocycles. The van der Waals surface area contributed by atoms with Crippen molar-refractivity contribution in [2.24, 2.45) is 5.92 Å². The number of carbonyl (C=O) groups excluding carboxylic acids is 4. The molecule has 0 saturated heterocycles. The summed E-state index contributed by atoms with van der Waals surface area (Å²) in [6.07, 6.45) is 1.77. The monoisotopic (exact) mass is 923 g/mol. The molecule has 2 unspecified atom stereocenters. The zero-order chi connectivity index (χ0) is 35.1. The van der Waals surface area contributed by atoms with E-state index in [-0.39, 0.29) is 49.0 Å². The predicted octanol–water partition coefficient (Wildman–Crippen LogP) is 2.20. The third kappa shape index (κ3) is 7.90. The van der Waals surface area contributed by atoms with Crippen molar-refractivity contribution in [1.82, 2.24) is 25.5 Å². The Morgan fingerprint density at radius 2 is 1.92 bits per heavy atom. The Kier molecular flexibility index (Phi) is 12.7. The molecule has 2 aliphatic rings. The molecule has 4 heterocycles. The number of nitrogens with zero attached hydrogens (tertiary/aromatic N) is 2. The summed E-state index contributed by atoms with van der Waals surface area (Å²) in [5.74, 6) is -2.33. The van der Waals surface area contributed by atoms with E-state index in [0.717, 1.165) is 16.5 Å². The Morgan fingerprint density at radius 3 is 2.61 bits per heavy atom. The van der Waals surface area contributed by atoms with Crippen LogP contribution < -0.4 is 21.5 Å². The maximum absolute atomic E-state index is 15.0. The predicted molar refractivity (Wildman–Crippen MR) is 174 cm³/mol. The van der Waals surface area contributed by atoms with Crippen LogP contribution in [0.3, 0.4) is 0 Å². The van der Waals surface area contributed by atoms with Gasteiger partial charge in [0.15, 0.2) is 6.10 Å². The molecule has 13 nitrogen and oxygen atoms in total. The van der Waals surface area contributed by atoms with Crippen LogP contribution >= 0.6 is 0 Å². The van der Waals surface area contributed by atoms with Crippen LogP contribution in [0.1, 0.15) is 74.5 Å². The topological polar surface area (TPSA) is 178 Å². The van der Waals surface area contributed by atoms with E-state index in [1.807, 2.05) is 19.9 Å². The Bertz CT molecular complexity index is 1780. The number of benzene rings is 1. The molecule has 0 fully saturated rings. The standard InChI is InChI=1S/C32H35FN5O8.C2H6.Fm/c1-16(2)27(35-14-39)30(42)34-11-26(40)36-15-45-7-5-4-6-19-17(3)23(33)10-24-20(19)8-18-12-38-25(28(18)37-24)9-21-22(31(38)43)13-46-32(44)29(21)41;1-2;/h8-10,16,27,29,41H,4-7,11-13,15H2,1-3H3,(H,34,42)(H,35,39)(H,36,40);1-2H3;/q-1;;. The van der Waals surface area contributed by atoms with Gasteiger partial charge in [-0.15, -0.1) is 0 Å². The summed E-state index contributed by atoms with van der Waals surface area (Å²) in [4.78, 5) is 64.6. The quantitative estimate of drug-likeness (QED) is 0.0515. The zero-order valence-corrected chi connectivity index (χ0v) is 30.4. The number of hydrogen-bond donors (Lipinski definition) is 4. The minimum atomic E-state index is -1.55. The van der Waals surface area contributed by atoms with E-state index >= 15 is 4.39 Å². The number of carbonyl (C=O) groups is 3. The van der Waals surface area contributed by atoms with E-state index in [4.69, 9.17) is 14.5 Å². The maximum atomic E-state index is 15.0. The number of aromatic nitrogens is 2. The van der Waals surface area contributed by atoms with Gasteiger partial charge in [0.2, 0.25) is 11.8 Å². The summed E-state index contributed by atoms with van der Waals surface area (Å²) in [6, 6.07) is 4.09. The molecule has 0 saturated carbocycles. The van der Waals surface area contributed by atoms with Crippen molar-refractivity contribution in [3.05, 3.63) is 62.2 Å². The smallest absolute Gasteiger partial charge is 0.340 e. The van der Waals surface area contributed by atoms with Crippen molar-refractivity contribution in [3.8, 4) is 11.4 Å². The van der Waals surface area contributed by atoms with Crippen LogP contribution in [0.25, 0.3) is 22.3 Å². The molecule has 270 valence electrons. The molecule has 5 rings (SSSR count). The fourth-order valence-electron chi connectivity index (χ4n) is 5.78. The van der Waals surface area contributed by atoms with E-state index < -0.39 is 35.7 Å². The number of pyridine rings is 2. The van der Waals surface area contributed by atoms with E-state index in [1.54, 1.807) is 26.8 Å². The number of ether oxygens (including phenoxy) is 2. The molecule has 49 heavy (non-hydrogen) atoms. The van der Waals surface area contributed by atoms with Crippen molar-refractivity contribution in [1.29, 1.82) is 0 Å². The van der Waals surface area contributed by atoms with Crippen LogP contribution in [-0.2, 0) is 48.2 Å². The SMILES string of the molecule is CC.Cc1c(F)cc2nc3c(cc2c1CCCCOCNC(=O)CNC(=O)C(N[C-]=O)C(C)C)Cn1c-3cc2c(c1=O)COC(=O)C2O.[Fm]. The Labute approximate surface area is 277 Å². The minimum Gasteiger partial charge on any atom is -0.520 e. The first kappa shape index (κ1) is 37.8. The number of esters is 1. The van der Waals surface area contributed by atoms with Gasteiger partial charge in [0, 0.05) is 29.2 Å². The average Bonchev–Trinajstić information content (AvgIpc) is 3.43. The maximum Gasteiger partial charge on any atom is 0.340 e. The van der Waals surface area contributed by atoms with Crippen molar-refractivity contribution in [3.63, 3.8) is 0 Å². The van der Waals surface area contributed by atoms with Gasteiger partial charge < -0.3 is 39.9 Å². The van der Waals surface area contributed by atoms with Gasteiger partial charge in [-0.2, -0.15) is 6.41 Å². The van der Waals surface area contributed by atoms with Gasteiger partial charge in [-0.05, 0) is 55.4 Å². The number of halogens is 1. The molecule has 2 aromatic heterocycles. The number of hydrogen-bond acceptors (Lipinski definition) is 9. The second-order valence-corrected chi connectivity index (χ2v) is 11.7. The fraction of sp³-hybridized carbons (Fsp3) is 0.471. The average molecular weight is 924 g/mol. The van der Waals surface area contributed by atoms with Gasteiger partial charge in [-0.25, -0.2) is 14.2 Å². The number of fused-ring (bicyclic) bond motifs is 5. The van der Waals surface area contributed by atoms with Crippen LogP contribution in [0.4, 0.5) is 4.39 Å². The third-order valence-corrected chi connectivity index (χ3v) is 8.34. The summed E-state index contributed by atoms with van der Waals surface area (Å²) in [7, 11) is 0. The van der Waals surface area contributed by atoms with Crippen molar-refractivity contribution in [2.45, 2.75) is 79.2 Å². The first-order valence-electron chi connectivity index (χ1n) is 16.0. The molecule has 0 bridgehead atoms. The number of amides is 3. The summed E-state index contributed by atoms with van der Waals surface area (Å²) >= 11 is 0. The number of unbranched alkanes of at least 4 members (excludes halogenated alkanes) is 1. The fourth-order valence-corrected chi connectivity index (χ4v) is 5.78. The second kappa shape index (κ2) is 16.4. The van der Waals surface area contributed by atoms with Crippen molar-refractivity contribution < 1.29 is 38.1 Å². The van der Waals surface area contributed by atoms with Gasteiger partial charge in [0.05, 0.1) is 41.6 Å². The molecule has 4 N–H and O–H groups in total. The molecular formula is C34H41FFmN5O8-. The Balaban J connectivity index is 0.00000213. The molecule has 2 atom stereocenters. The number of aryl methyl sites for hydroxylation is 1. The van der Waals surface area contributed by atoms with E-state index in [2.05, 4.69) is 16.0 Å². The van der Waals surface area contributed by atoms with Crippen LogP contribution in [-0.4, -0.2) is 64.8 Å². The number of aliphatic hydroxyl groups is 1. The molecule has 3 amide bonds. The first-order chi connectivity index (χ1) is 23.0. The van der Waals surface area contributed by atoms with E-state index in [9.17, 15) is 29.1 Å². The van der Waals surface area contributed by atoms with Gasteiger partial charge in [-0.3, -0.25) is 14.4 Å². The minimum absolute atomic E-state index is 0. The van der Waals surface area contributed by atoms with Crippen molar-refractivity contribution >= 4 is 35.1 Å². The van der Waals surface area contributed by atoms with Crippen LogP contribution in [0, 0.1) is 18.7 Å².